The van der Waals surface area contributed by atoms with Crippen molar-refractivity contribution >= 4 is 0 Å². The van der Waals surface area contributed by atoms with Crippen molar-refractivity contribution in [3.05, 3.63) is 79.4 Å². The summed E-state index contributed by atoms with van der Waals surface area (Å²) >= 11 is 0. The molecule has 0 bridgehead atoms. The quantitative estimate of drug-likeness (QED) is 0.578. The lowest BCUT2D eigenvalue weighted by atomic mass is 10.3. The third-order valence-electron chi connectivity index (χ3n) is 2.75. The third-order valence-corrected chi connectivity index (χ3v) is 2.75. The summed E-state index contributed by atoms with van der Waals surface area (Å²) in [6.07, 6.45) is 6.19. The monoisotopic (exact) mass is 300 g/mol. The molecule has 90 valence electrons. The van der Waals surface area contributed by atoms with Gasteiger partial charge in [0.15, 0.2) is 0 Å². The molecular weight excluding hydrogens is 288 g/mol. The van der Waals surface area contributed by atoms with Crippen LogP contribution in [-0.2, 0) is 0 Å². The first-order valence-corrected chi connectivity index (χ1v) is 5.63. The number of imidazole rings is 1. The van der Waals surface area contributed by atoms with Gasteiger partial charge in [-0.1, -0.05) is 36.4 Å². The van der Waals surface area contributed by atoms with E-state index in [0.29, 0.717) is 0 Å². The van der Waals surface area contributed by atoms with Crippen molar-refractivity contribution in [2.24, 2.45) is 0 Å². The molecule has 0 amide bonds. The SMILES string of the molecule is [Br-].c1ccc(-n2cc[n+](-c3ccccc3)c2)cc1. The number of aromatic nitrogens is 2. The first-order valence-electron chi connectivity index (χ1n) is 5.63. The van der Waals surface area contributed by atoms with E-state index in [2.05, 4.69) is 52.1 Å². The minimum atomic E-state index is 0. The van der Waals surface area contributed by atoms with Crippen LogP contribution < -0.4 is 21.5 Å². The van der Waals surface area contributed by atoms with Crippen molar-refractivity contribution < 1.29 is 21.5 Å². The maximum atomic E-state index is 2.10. The van der Waals surface area contributed by atoms with Gasteiger partial charge in [-0.2, -0.15) is 0 Å². The summed E-state index contributed by atoms with van der Waals surface area (Å²) in [5, 5.41) is 0. The fraction of sp³-hybridized carbons (Fsp3) is 0. The number of hydrogen-bond acceptors (Lipinski definition) is 0. The van der Waals surface area contributed by atoms with Crippen molar-refractivity contribution in [3.63, 3.8) is 0 Å². The lowest BCUT2D eigenvalue weighted by Gasteiger charge is -1.94. The summed E-state index contributed by atoms with van der Waals surface area (Å²) in [4.78, 5) is 0. The van der Waals surface area contributed by atoms with Gasteiger partial charge in [0.1, 0.15) is 23.8 Å². The number of halogens is 1. The average molecular weight is 301 g/mol. The summed E-state index contributed by atoms with van der Waals surface area (Å²) < 4.78 is 4.21. The highest BCUT2D eigenvalue weighted by Gasteiger charge is 2.06. The Bertz CT molecular complexity index is 549. The topological polar surface area (TPSA) is 8.81 Å². The molecule has 0 saturated heterocycles. The Balaban J connectivity index is 0.00000120. The number of rotatable bonds is 2. The lowest BCUT2D eigenvalue weighted by Crippen LogP contribution is -3.00. The zero-order valence-corrected chi connectivity index (χ0v) is 11.4. The molecule has 3 rings (SSSR count). The van der Waals surface area contributed by atoms with Crippen molar-refractivity contribution in [2.45, 2.75) is 0 Å². The second-order valence-electron chi connectivity index (χ2n) is 3.90. The highest BCUT2D eigenvalue weighted by molar-refractivity contribution is 5.30. The van der Waals surface area contributed by atoms with Crippen LogP contribution in [0.2, 0.25) is 0 Å². The molecule has 0 spiro atoms. The van der Waals surface area contributed by atoms with Gasteiger partial charge in [0.25, 0.3) is 6.33 Å². The molecule has 0 aliphatic rings. The van der Waals surface area contributed by atoms with Crippen LogP contribution in [0.15, 0.2) is 79.4 Å². The highest BCUT2D eigenvalue weighted by Crippen LogP contribution is 2.06. The number of hydrogen-bond donors (Lipinski definition) is 0. The van der Waals surface area contributed by atoms with E-state index in [1.807, 2.05) is 36.4 Å². The first-order chi connectivity index (χ1) is 8.43. The molecule has 0 N–H and O–H groups in total. The fourth-order valence-corrected chi connectivity index (χ4v) is 1.86. The molecule has 1 aromatic heterocycles. The second-order valence-corrected chi connectivity index (χ2v) is 3.90. The summed E-state index contributed by atoms with van der Waals surface area (Å²) in [7, 11) is 0. The Morgan fingerprint density at radius 3 is 2.06 bits per heavy atom. The lowest BCUT2D eigenvalue weighted by molar-refractivity contribution is -0.594. The van der Waals surface area contributed by atoms with Crippen LogP contribution in [0.5, 0.6) is 0 Å². The predicted molar refractivity (Wildman–Crippen MR) is 67.3 cm³/mol. The Kier molecular flexibility index (Phi) is 3.95. The predicted octanol–water partition coefficient (Wildman–Crippen LogP) is -0.242. The molecule has 1 heterocycles. The largest absolute Gasteiger partial charge is 1.00 e. The molecular formula is C15H13BrN2. The smallest absolute Gasteiger partial charge is 0.254 e. The first kappa shape index (κ1) is 12.6. The van der Waals surface area contributed by atoms with E-state index in [0.717, 1.165) is 0 Å². The van der Waals surface area contributed by atoms with Gasteiger partial charge in [0.05, 0.1) is 0 Å². The summed E-state index contributed by atoms with van der Waals surface area (Å²) in [6.45, 7) is 0. The molecule has 0 aliphatic carbocycles. The van der Waals surface area contributed by atoms with Crippen molar-refractivity contribution in [2.75, 3.05) is 0 Å². The van der Waals surface area contributed by atoms with Crippen LogP contribution in [0.1, 0.15) is 0 Å². The van der Waals surface area contributed by atoms with E-state index in [1.165, 1.54) is 11.4 Å². The highest BCUT2D eigenvalue weighted by atomic mass is 79.9. The van der Waals surface area contributed by atoms with Gasteiger partial charge in [0, 0.05) is 0 Å². The van der Waals surface area contributed by atoms with Gasteiger partial charge in [-0.25, -0.2) is 9.13 Å². The van der Waals surface area contributed by atoms with E-state index in [-0.39, 0.29) is 17.0 Å². The summed E-state index contributed by atoms with van der Waals surface area (Å²) in [5.41, 5.74) is 2.34. The van der Waals surface area contributed by atoms with E-state index in [4.69, 9.17) is 0 Å². The van der Waals surface area contributed by atoms with E-state index < -0.39 is 0 Å². The number of para-hydroxylation sites is 2. The van der Waals surface area contributed by atoms with Crippen LogP contribution in [0, 0.1) is 0 Å². The standard InChI is InChI=1S/C15H13N2.BrH/c1-3-7-14(8-4-1)16-11-12-17(13-16)15-9-5-2-6-10-15;/h1-13H;1H/q+1;/p-1. The van der Waals surface area contributed by atoms with Gasteiger partial charge < -0.3 is 17.0 Å². The molecule has 0 atom stereocenters. The molecule has 0 fully saturated rings. The van der Waals surface area contributed by atoms with Crippen LogP contribution in [0.3, 0.4) is 0 Å². The Hall–Kier alpha value is -1.87. The van der Waals surface area contributed by atoms with Crippen molar-refractivity contribution in [1.29, 1.82) is 0 Å². The fourth-order valence-electron chi connectivity index (χ4n) is 1.86. The Labute approximate surface area is 117 Å². The molecule has 0 radical (unpaired) electrons. The Morgan fingerprint density at radius 2 is 1.39 bits per heavy atom. The van der Waals surface area contributed by atoms with Gasteiger partial charge in [-0.3, -0.25) is 0 Å². The van der Waals surface area contributed by atoms with Gasteiger partial charge >= 0.3 is 0 Å². The molecule has 3 aromatic rings. The van der Waals surface area contributed by atoms with Gasteiger partial charge in [0.2, 0.25) is 0 Å². The van der Waals surface area contributed by atoms with Gasteiger partial charge in [-0.15, -0.1) is 0 Å². The van der Waals surface area contributed by atoms with Gasteiger partial charge in [-0.05, 0) is 24.3 Å². The summed E-state index contributed by atoms with van der Waals surface area (Å²) in [5.74, 6) is 0. The Morgan fingerprint density at radius 1 is 0.778 bits per heavy atom. The van der Waals surface area contributed by atoms with E-state index in [9.17, 15) is 0 Å². The molecule has 0 aliphatic heterocycles. The van der Waals surface area contributed by atoms with Crippen LogP contribution >= 0.6 is 0 Å². The van der Waals surface area contributed by atoms with Crippen LogP contribution in [0.4, 0.5) is 0 Å². The molecule has 2 nitrogen and oxygen atoms in total. The van der Waals surface area contributed by atoms with E-state index in [1.54, 1.807) is 0 Å². The van der Waals surface area contributed by atoms with Crippen molar-refractivity contribution in [1.82, 2.24) is 4.57 Å². The zero-order chi connectivity index (χ0) is 11.5. The molecule has 18 heavy (non-hydrogen) atoms. The normalized spacial score (nSPS) is 9.78. The maximum Gasteiger partial charge on any atom is 0.254 e. The summed E-state index contributed by atoms with van der Waals surface area (Å²) in [6, 6.07) is 20.6. The average Bonchev–Trinajstić information content (AvgIpc) is 2.90. The number of benzene rings is 2. The van der Waals surface area contributed by atoms with Crippen LogP contribution in [-0.4, -0.2) is 4.57 Å². The minimum Gasteiger partial charge on any atom is -1.00 e. The van der Waals surface area contributed by atoms with Crippen molar-refractivity contribution in [3.8, 4) is 11.4 Å². The molecule has 0 saturated carbocycles. The molecule has 0 unspecified atom stereocenters. The minimum absolute atomic E-state index is 0. The molecule has 2 aromatic carbocycles. The van der Waals surface area contributed by atoms with Crippen LogP contribution in [0.25, 0.3) is 11.4 Å². The zero-order valence-electron chi connectivity index (χ0n) is 9.78. The second kappa shape index (κ2) is 5.65. The maximum absolute atomic E-state index is 2.10. The number of nitrogens with zero attached hydrogens (tertiary/aromatic N) is 2. The third kappa shape index (κ3) is 2.51. The van der Waals surface area contributed by atoms with E-state index >= 15 is 0 Å². The molecule has 3 heteroatoms.